The average Bonchev–Trinajstić information content (AvgIpc) is 2.37. The van der Waals surface area contributed by atoms with Crippen molar-refractivity contribution in [2.24, 2.45) is 17.3 Å². The molecule has 0 aromatic heterocycles. The lowest BCUT2D eigenvalue weighted by molar-refractivity contribution is -0.117. The zero-order valence-corrected chi connectivity index (χ0v) is 14.2. The highest BCUT2D eigenvalue weighted by Crippen LogP contribution is 2.43. The molecule has 2 fully saturated rings. The Morgan fingerprint density at radius 2 is 1.95 bits per heavy atom. The van der Waals surface area contributed by atoms with E-state index in [-0.39, 0.29) is 0 Å². The van der Waals surface area contributed by atoms with E-state index in [0.717, 1.165) is 24.5 Å². The molecule has 2 aliphatic rings. The van der Waals surface area contributed by atoms with Gasteiger partial charge in [-0.3, -0.25) is 0 Å². The molecule has 0 heterocycles. The topological polar surface area (TPSA) is 21.3 Å². The van der Waals surface area contributed by atoms with Crippen LogP contribution in [0.5, 0.6) is 0 Å². The van der Waals surface area contributed by atoms with Crippen LogP contribution in [0.2, 0.25) is 0 Å². The smallest absolute Gasteiger partial charge is 0.0655 e. The summed E-state index contributed by atoms with van der Waals surface area (Å²) in [5.41, 5.74) is 0.307. The number of nitrogens with one attached hydrogen (secondary N) is 1. The summed E-state index contributed by atoms with van der Waals surface area (Å²) in [6, 6.07) is 1.40. The molecule has 0 bridgehead atoms. The molecule has 0 aliphatic heterocycles. The van der Waals surface area contributed by atoms with Gasteiger partial charge in [-0.15, -0.1) is 0 Å². The molecule has 2 rings (SSSR count). The molecule has 4 atom stereocenters. The van der Waals surface area contributed by atoms with E-state index in [0.29, 0.717) is 17.6 Å². The van der Waals surface area contributed by atoms with Crippen LogP contribution in [0.15, 0.2) is 0 Å². The van der Waals surface area contributed by atoms with Gasteiger partial charge in [-0.1, -0.05) is 40.5 Å². The molecular weight excluding hydrogens is 246 g/mol. The summed E-state index contributed by atoms with van der Waals surface area (Å²) < 4.78 is 5.85. The first kappa shape index (κ1) is 16.3. The number of ether oxygens (including phenoxy) is 1. The van der Waals surface area contributed by atoms with Crippen LogP contribution in [0, 0.1) is 17.3 Å². The van der Waals surface area contributed by atoms with E-state index in [9.17, 15) is 0 Å². The fourth-order valence-corrected chi connectivity index (χ4v) is 4.26. The van der Waals surface area contributed by atoms with E-state index in [1.165, 1.54) is 38.5 Å². The third-order valence-corrected chi connectivity index (χ3v) is 5.57. The normalized spacial score (nSPS) is 36.9. The minimum absolute atomic E-state index is 0.307. The first-order chi connectivity index (χ1) is 9.43. The molecule has 2 nitrogen and oxygen atoms in total. The Morgan fingerprint density at radius 3 is 2.55 bits per heavy atom. The lowest BCUT2D eigenvalue weighted by Gasteiger charge is -2.53. The van der Waals surface area contributed by atoms with Gasteiger partial charge in [0.1, 0.15) is 0 Å². The Labute approximate surface area is 126 Å². The van der Waals surface area contributed by atoms with Crippen molar-refractivity contribution in [1.29, 1.82) is 0 Å². The first-order valence-corrected chi connectivity index (χ1v) is 8.81. The quantitative estimate of drug-likeness (QED) is 0.780. The zero-order valence-electron chi connectivity index (χ0n) is 14.2. The molecule has 0 aromatic rings. The predicted molar refractivity (Wildman–Crippen MR) is 85.9 cm³/mol. The van der Waals surface area contributed by atoms with Gasteiger partial charge in [0.25, 0.3) is 0 Å². The van der Waals surface area contributed by atoms with E-state index >= 15 is 0 Å². The minimum atomic E-state index is 0.307. The maximum absolute atomic E-state index is 5.85. The summed E-state index contributed by atoms with van der Waals surface area (Å²) in [5, 5.41) is 3.96. The van der Waals surface area contributed by atoms with Crippen LogP contribution in [0.25, 0.3) is 0 Å². The summed E-state index contributed by atoms with van der Waals surface area (Å²) >= 11 is 0. The maximum Gasteiger partial charge on any atom is 0.0655 e. The van der Waals surface area contributed by atoms with E-state index in [1.54, 1.807) is 0 Å². The van der Waals surface area contributed by atoms with Crippen LogP contribution in [0.3, 0.4) is 0 Å². The van der Waals surface area contributed by atoms with Crippen molar-refractivity contribution in [3.8, 4) is 0 Å². The van der Waals surface area contributed by atoms with Crippen molar-refractivity contribution in [3.05, 3.63) is 0 Å². The van der Waals surface area contributed by atoms with Crippen LogP contribution < -0.4 is 5.32 Å². The summed E-state index contributed by atoms with van der Waals surface area (Å²) in [4.78, 5) is 0. The van der Waals surface area contributed by atoms with Gasteiger partial charge in [-0.25, -0.2) is 0 Å². The average molecular weight is 281 g/mol. The van der Waals surface area contributed by atoms with Gasteiger partial charge in [0.15, 0.2) is 0 Å². The van der Waals surface area contributed by atoms with Gasteiger partial charge in [-0.05, 0) is 44.4 Å². The third kappa shape index (κ3) is 3.76. The van der Waals surface area contributed by atoms with Crippen LogP contribution in [-0.2, 0) is 4.74 Å². The lowest BCUT2D eigenvalue weighted by atomic mass is 9.64. The Balaban J connectivity index is 1.79. The molecule has 2 saturated carbocycles. The molecule has 0 spiro atoms. The Bertz CT molecular complexity index is 300. The number of hydrogen-bond donors (Lipinski definition) is 1. The van der Waals surface area contributed by atoms with Gasteiger partial charge in [0.05, 0.1) is 6.10 Å². The van der Waals surface area contributed by atoms with Crippen molar-refractivity contribution in [1.82, 2.24) is 5.32 Å². The summed E-state index contributed by atoms with van der Waals surface area (Å²) in [5.74, 6) is 1.80. The molecule has 2 aliphatic carbocycles. The van der Waals surface area contributed by atoms with Gasteiger partial charge in [0, 0.05) is 24.1 Å². The van der Waals surface area contributed by atoms with Crippen LogP contribution in [-0.4, -0.2) is 24.8 Å². The minimum Gasteiger partial charge on any atom is -0.378 e. The molecule has 20 heavy (non-hydrogen) atoms. The number of rotatable bonds is 6. The Kier molecular flexibility index (Phi) is 5.53. The molecule has 4 unspecified atom stereocenters. The molecule has 0 saturated heterocycles. The van der Waals surface area contributed by atoms with Gasteiger partial charge < -0.3 is 10.1 Å². The fourth-order valence-electron chi connectivity index (χ4n) is 4.26. The summed E-state index contributed by atoms with van der Waals surface area (Å²) in [6.07, 6.45) is 8.70. The highest BCUT2D eigenvalue weighted by Gasteiger charge is 2.49. The Morgan fingerprint density at radius 1 is 1.20 bits per heavy atom. The maximum atomic E-state index is 5.85. The lowest BCUT2D eigenvalue weighted by Crippen LogP contribution is -2.63. The van der Waals surface area contributed by atoms with Crippen LogP contribution >= 0.6 is 0 Å². The van der Waals surface area contributed by atoms with E-state index in [4.69, 9.17) is 4.74 Å². The van der Waals surface area contributed by atoms with Crippen molar-refractivity contribution in [2.75, 3.05) is 6.61 Å². The first-order valence-electron chi connectivity index (χ1n) is 8.81. The molecule has 118 valence electrons. The monoisotopic (exact) mass is 281 g/mol. The van der Waals surface area contributed by atoms with Crippen LogP contribution in [0.4, 0.5) is 0 Å². The van der Waals surface area contributed by atoms with Gasteiger partial charge >= 0.3 is 0 Å². The van der Waals surface area contributed by atoms with Crippen molar-refractivity contribution in [2.45, 2.75) is 91.3 Å². The fraction of sp³-hybridized carbons (Fsp3) is 1.00. The predicted octanol–water partition coefficient (Wildman–Crippen LogP) is 4.38. The van der Waals surface area contributed by atoms with Crippen LogP contribution in [0.1, 0.15) is 73.1 Å². The third-order valence-electron chi connectivity index (χ3n) is 5.57. The van der Waals surface area contributed by atoms with E-state index < -0.39 is 0 Å². The Hall–Kier alpha value is -0.0800. The van der Waals surface area contributed by atoms with Crippen molar-refractivity contribution in [3.63, 3.8) is 0 Å². The highest BCUT2D eigenvalue weighted by molar-refractivity contribution is 5.04. The zero-order chi connectivity index (χ0) is 14.8. The molecular formula is C18H35NO. The van der Waals surface area contributed by atoms with Crippen molar-refractivity contribution < 1.29 is 4.74 Å². The largest absolute Gasteiger partial charge is 0.378 e. The molecule has 1 N–H and O–H groups in total. The SMILES string of the molecule is CCOC1CC(NC2CCCC(CC(C)C)C2)C1(C)C. The second-order valence-corrected chi connectivity index (χ2v) is 8.08. The van der Waals surface area contributed by atoms with Gasteiger partial charge in [-0.2, -0.15) is 0 Å². The second-order valence-electron chi connectivity index (χ2n) is 8.08. The van der Waals surface area contributed by atoms with Gasteiger partial charge in [0.2, 0.25) is 0 Å². The van der Waals surface area contributed by atoms with E-state index in [2.05, 4.69) is 39.9 Å². The molecule has 0 radical (unpaired) electrons. The summed E-state index contributed by atoms with van der Waals surface area (Å²) in [6.45, 7) is 12.4. The van der Waals surface area contributed by atoms with Crippen molar-refractivity contribution >= 4 is 0 Å². The molecule has 0 amide bonds. The van der Waals surface area contributed by atoms with E-state index in [1.807, 2.05) is 0 Å². The standard InChI is InChI=1S/C18H35NO/c1-6-20-17-12-16(18(17,4)5)19-15-9-7-8-14(11-15)10-13(2)3/h13-17,19H,6-12H2,1-5H3. The molecule has 2 heteroatoms. The highest BCUT2D eigenvalue weighted by atomic mass is 16.5. The summed E-state index contributed by atoms with van der Waals surface area (Å²) in [7, 11) is 0. The molecule has 0 aromatic carbocycles. The second kappa shape index (κ2) is 6.79. The number of hydrogen-bond acceptors (Lipinski definition) is 2.